The molecule has 20 heavy (non-hydrogen) atoms. The summed E-state index contributed by atoms with van der Waals surface area (Å²) in [5.41, 5.74) is 1.81. The number of rotatable bonds is 3. The summed E-state index contributed by atoms with van der Waals surface area (Å²) >= 11 is 2.05. The summed E-state index contributed by atoms with van der Waals surface area (Å²) in [7, 11) is 1.69. The van der Waals surface area contributed by atoms with Crippen LogP contribution < -0.4 is 4.74 Å². The number of nitriles is 1. The van der Waals surface area contributed by atoms with Crippen LogP contribution in [0.3, 0.4) is 0 Å². The van der Waals surface area contributed by atoms with E-state index < -0.39 is 0 Å². The molecule has 1 fully saturated rings. The molecule has 0 saturated carbocycles. The first kappa shape index (κ1) is 15.2. The highest BCUT2D eigenvalue weighted by Gasteiger charge is 2.24. The zero-order chi connectivity index (χ0) is 14.6. The maximum absolute atomic E-state index is 9.04. The molecule has 0 bridgehead atoms. The predicted molar refractivity (Wildman–Crippen MR) is 84.1 cm³/mol. The highest BCUT2D eigenvalue weighted by Crippen LogP contribution is 2.31. The zero-order valence-electron chi connectivity index (χ0n) is 12.5. The number of methoxy groups -OCH3 is 1. The molecule has 0 N–H and O–H groups in total. The van der Waals surface area contributed by atoms with E-state index in [2.05, 4.69) is 24.8 Å². The summed E-state index contributed by atoms with van der Waals surface area (Å²) in [6, 6.07) is 7.85. The largest absolute Gasteiger partial charge is 0.496 e. The van der Waals surface area contributed by atoms with E-state index in [4.69, 9.17) is 10.00 Å². The lowest BCUT2D eigenvalue weighted by atomic mass is 10.1. The second kappa shape index (κ2) is 6.51. The van der Waals surface area contributed by atoms with E-state index in [0.717, 1.165) is 36.7 Å². The standard InChI is InChI=1S/C16H22N2OS/c1-16(2)6-7-18(8-9-20-16)12-14-10-13(11-17)4-5-15(14)19-3/h4-5,10H,6-9,12H2,1-3H3. The predicted octanol–water partition coefficient (Wildman–Crippen LogP) is 3.28. The van der Waals surface area contributed by atoms with E-state index in [-0.39, 0.29) is 0 Å². The summed E-state index contributed by atoms with van der Waals surface area (Å²) in [5, 5.41) is 9.04. The first-order valence-corrected chi connectivity index (χ1v) is 7.96. The molecule has 0 aliphatic carbocycles. The lowest BCUT2D eigenvalue weighted by Crippen LogP contribution is -2.27. The molecular weight excluding hydrogens is 268 g/mol. The fourth-order valence-electron chi connectivity index (χ4n) is 2.43. The minimum atomic E-state index is 0.368. The van der Waals surface area contributed by atoms with Crippen molar-refractivity contribution < 1.29 is 4.74 Å². The van der Waals surface area contributed by atoms with Gasteiger partial charge in [0, 0.05) is 29.2 Å². The van der Waals surface area contributed by atoms with Crippen LogP contribution in [0.4, 0.5) is 0 Å². The van der Waals surface area contributed by atoms with Crippen molar-refractivity contribution in [3.05, 3.63) is 29.3 Å². The Labute approximate surface area is 125 Å². The smallest absolute Gasteiger partial charge is 0.123 e. The first-order valence-electron chi connectivity index (χ1n) is 6.97. The fraction of sp³-hybridized carbons (Fsp3) is 0.562. The summed E-state index contributed by atoms with van der Waals surface area (Å²) in [4.78, 5) is 2.46. The van der Waals surface area contributed by atoms with Crippen LogP contribution in [0.25, 0.3) is 0 Å². The van der Waals surface area contributed by atoms with Crippen molar-refractivity contribution in [3.8, 4) is 11.8 Å². The Morgan fingerprint density at radius 2 is 2.20 bits per heavy atom. The molecule has 1 saturated heterocycles. The molecule has 0 radical (unpaired) electrons. The Morgan fingerprint density at radius 3 is 2.90 bits per heavy atom. The van der Waals surface area contributed by atoms with Gasteiger partial charge in [0.05, 0.1) is 18.7 Å². The second-order valence-corrected chi connectivity index (χ2v) is 7.57. The number of hydrogen-bond acceptors (Lipinski definition) is 4. The first-order chi connectivity index (χ1) is 9.54. The van der Waals surface area contributed by atoms with Gasteiger partial charge in [0.15, 0.2) is 0 Å². The topological polar surface area (TPSA) is 36.3 Å². The Balaban J connectivity index is 2.11. The third-order valence-electron chi connectivity index (χ3n) is 3.73. The molecule has 1 aromatic carbocycles. The minimum absolute atomic E-state index is 0.368. The maximum atomic E-state index is 9.04. The molecule has 0 spiro atoms. The van der Waals surface area contributed by atoms with Crippen molar-refractivity contribution >= 4 is 11.8 Å². The normalized spacial score (nSPS) is 19.1. The Hall–Kier alpha value is -1.18. The van der Waals surface area contributed by atoms with E-state index in [1.54, 1.807) is 7.11 Å². The molecule has 2 rings (SSSR count). The summed E-state index contributed by atoms with van der Waals surface area (Å²) in [6.07, 6.45) is 1.19. The molecular formula is C16H22N2OS. The molecule has 0 amide bonds. The maximum Gasteiger partial charge on any atom is 0.123 e. The van der Waals surface area contributed by atoms with Crippen molar-refractivity contribution in [2.75, 3.05) is 26.0 Å². The van der Waals surface area contributed by atoms with Gasteiger partial charge < -0.3 is 4.74 Å². The molecule has 1 aromatic rings. The van der Waals surface area contributed by atoms with E-state index in [9.17, 15) is 0 Å². The van der Waals surface area contributed by atoms with Gasteiger partial charge >= 0.3 is 0 Å². The zero-order valence-corrected chi connectivity index (χ0v) is 13.3. The van der Waals surface area contributed by atoms with Crippen LogP contribution in [0.1, 0.15) is 31.4 Å². The fourth-order valence-corrected chi connectivity index (χ4v) is 3.57. The molecule has 108 valence electrons. The van der Waals surface area contributed by atoms with Gasteiger partial charge in [-0.05, 0) is 31.2 Å². The Morgan fingerprint density at radius 1 is 1.40 bits per heavy atom. The average molecular weight is 290 g/mol. The van der Waals surface area contributed by atoms with E-state index in [1.807, 2.05) is 30.0 Å². The van der Waals surface area contributed by atoms with Gasteiger partial charge in [-0.25, -0.2) is 0 Å². The van der Waals surface area contributed by atoms with Crippen molar-refractivity contribution in [3.63, 3.8) is 0 Å². The number of nitrogens with zero attached hydrogens (tertiary/aromatic N) is 2. The number of thioether (sulfide) groups is 1. The highest BCUT2D eigenvalue weighted by atomic mass is 32.2. The van der Waals surface area contributed by atoms with Gasteiger partial charge in [-0.1, -0.05) is 13.8 Å². The van der Waals surface area contributed by atoms with E-state index >= 15 is 0 Å². The number of hydrogen-bond donors (Lipinski definition) is 0. The summed E-state index contributed by atoms with van der Waals surface area (Å²) < 4.78 is 5.79. The molecule has 3 nitrogen and oxygen atoms in total. The van der Waals surface area contributed by atoms with Gasteiger partial charge in [-0.15, -0.1) is 0 Å². The molecule has 0 atom stereocenters. The third-order valence-corrected chi connectivity index (χ3v) is 5.11. The van der Waals surface area contributed by atoms with Gasteiger partial charge in [0.25, 0.3) is 0 Å². The minimum Gasteiger partial charge on any atom is -0.496 e. The summed E-state index contributed by atoms with van der Waals surface area (Å²) in [6.45, 7) is 7.68. The van der Waals surface area contributed by atoms with Gasteiger partial charge in [0.2, 0.25) is 0 Å². The van der Waals surface area contributed by atoms with Crippen LogP contribution in [-0.4, -0.2) is 35.6 Å². The van der Waals surface area contributed by atoms with Crippen LogP contribution in [0, 0.1) is 11.3 Å². The molecule has 1 aliphatic heterocycles. The molecule has 0 unspecified atom stereocenters. The van der Waals surface area contributed by atoms with Gasteiger partial charge in [0.1, 0.15) is 5.75 Å². The van der Waals surface area contributed by atoms with Gasteiger partial charge in [-0.3, -0.25) is 4.90 Å². The van der Waals surface area contributed by atoms with Crippen molar-refractivity contribution in [1.82, 2.24) is 4.90 Å². The van der Waals surface area contributed by atoms with Crippen LogP contribution in [0.5, 0.6) is 5.75 Å². The highest BCUT2D eigenvalue weighted by molar-refractivity contribution is 8.00. The van der Waals surface area contributed by atoms with Crippen LogP contribution in [-0.2, 0) is 6.54 Å². The van der Waals surface area contributed by atoms with E-state index in [1.165, 1.54) is 6.42 Å². The number of ether oxygens (including phenoxy) is 1. The summed E-state index contributed by atoms with van der Waals surface area (Å²) in [5.74, 6) is 2.04. The third kappa shape index (κ3) is 3.91. The van der Waals surface area contributed by atoms with Crippen LogP contribution >= 0.6 is 11.8 Å². The van der Waals surface area contributed by atoms with Gasteiger partial charge in [-0.2, -0.15) is 17.0 Å². The second-order valence-electron chi connectivity index (χ2n) is 5.77. The lowest BCUT2D eigenvalue weighted by molar-refractivity contribution is 0.271. The molecule has 0 aromatic heterocycles. The lowest BCUT2D eigenvalue weighted by Gasteiger charge is -2.23. The van der Waals surface area contributed by atoms with Crippen LogP contribution in [0.2, 0.25) is 0 Å². The molecule has 1 aliphatic rings. The average Bonchev–Trinajstić information content (AvgIpc) is 2.60. The number of benzene rings is 1. The SMILES string of the molecule is COc1ccc(C#N)cc1CN1CCSC(C)(C)CC1. The molecule has 1 heterocycles. The Bertz CT molecular complexity index is 508. The van der Waals surface area contributed by atoms with Crippen molar-refractivity contribution in [2.24, 2.45) is 0 Å². The monoisotopic (exact) mass is 290 g/mol. The van der Waals surface area contributed by atoms with Crippen molar-refractivity contribution in [1.29, 1.82) is 5.26 Å². The van der Waals surface area contributed by atoms with Crippen LogP contribution in [0.15, 0.2) is 18.2 Å². The Kier molecular flexibility index (Phi) is 4.95. The van der Waals surface area contributed by atoms with Crippen molar-refractivity contribution in [2.45, 2.75) is 31.6 Å². The van der Waals surface area contributed by atoms with E-state index in [0.29, 0.717) is 10.3 Å². The quantitative estimate of drug-likeness (QED) is 0.856. The molecule has 4 heteroatoms.